The van der Waals surface area contributed by atoms with Crippen LogP contribution in [0, 0.1) is 0 Å². The zero-order valence-corrected chi connectivity index (χ0v) is 35.3. The normalized spacial score (nSPS) is 14.4. The lowest BCUT2D eigenvalue weighted by atomic mass is 9.82. The van der Waals surface area contributed by atoms with Gasteiger partial charge in [-0.05, 0) is 149 Å². The molecule has 10 aromatic carbocycles. The third-order valence-corrected chi connectivity index (χ3v) is 14.4. The number of anilines is 3. The first-order valence-corrected chi connectivity index (χ1v) is 21.8. The summed E-state index contributed by atoms with van der Waals surface area (Å²) in [5, 5.41) is 7.41. The van der Waals surface area contributed by atoms with Crippen LogP contribution in [0.2, 0.25) is 0 Å². The van der Waals surface area contributed by atoms with E-state index in [0.717, 1.165) is 28.2 Å². The van der Waals surface area contributed by atoms with Gasteiger partial charge in [-0.1, -0.05) is 155 Å². The maximum absolute atomic E-state index is 6.33. The average Bonchev–Trinajstić information content (AvgIpc) is 3.89. The minimum atomic E-state index is -0.116. The highest BCUT2D eigenvalue weighted by Crippen LogP contribution is 2.53. The number of furan rings is 1. The van der Waals surface area contributed by atoms with Crippen LogP contribution in [0.15, 0.2) is 192 Å². The first-order valence-electron chi connectivity index (χ1n) is 21.8. The fourth-order valence-electron chi connectivity index (χ4n) is 11.3. The number of nitrogens with zero attached hydrogens (tertiary/aromatic N) is 1. The molecule has 1 heterocycles. The maximum Gasteiger partial charge on any atom is 0.136 e. The molecule has 294 valence electrons. The van der Waals surface area contributed by atoms with Crippen molar-refractivity contribution in [2.45, 2.75) is 38.5 Å². The van der Waals surface area contributed by atoms with Crippen molar-refractivity contribution < 1.29 is 4.42 Å². The Morgan fingerprint density at radius 2 is 0.790 bits per heavy atom. The Bertz CT molecular complexity index is 3550. The summed E-state index contributed by atoms with van der Waals surface area (Å²) in [6, 6.07) is 70.0. The molecule has 2 nitrogen and oxygen atoms in total. The van der Waals surface area contributed by atoms with Crippen molar-refractivity contribution in [3.05, 3.63) is 210 Å². The van der Waals surface area contributed by atoms with Gasteiger partial charge in [-0.2, -0.15) is 0 Å². The van der Waals surface area contributed by atoms with Gasteiger partial charge in [0.1, 0.15) is 11.2 Å². The number of rotatable bonds is 5. The lowest BCUT2D eigenvalue weighted by Gasteiger charge is -2.30. The first-order chi connectivity index (χ1) is 30.2. The van der Waals surface area contributed by atoms with E-state index in [1.807, 2.05) is 0 Å². The highest BCUT2D eigenvalue weighted by molar-refractivity contribution is 6.33. The van der Waals surface area contributed by atoms with Gasteiger partial charge in [-0.3, -0.25) is 0 Å². The molecular weight excluding hydrogens is 751 g/mol. The molecule has 62 heavy (non-hydrogen) atoms. The molecule has 0 bridgehead atoms. The molecule has 0 fully saturated rings. The van der Waals surface area contributed by atoms with Crippen LogP contribution < -0.4 is 4.90 Å². The first kappa shape index (κ1) is 35.3. The molecule has 0 unspecified atom stereocenters. The summed E-state index contributed by atoms with van der Waals surface area (Å²) < 4.78 is 6.33. The van der Waals surface area contributed by atoms with E-state index in [0.29, 0.717) is 0 Å². The van der Waals surface area contributed by atoms with Crippen LogP contribution in [0.1, 0.15) is 49.9 Å². The second-order valence-corrected chi connectivity index (χ2v) is 18.5. The minimum Gasteiger partial charge on any atom is -0.456 e. The molecule has 13 rings (SSSR count). The van der Waals surface area contributed by atoms with Gasteiger partial charge >= 0.3 is 0 Å². The van der Waals surface area contributed by atoms with Gasteiger partial charge < -0.3 is 9.32 Å². The molecular formula is C60H43NO. The standard InChI is InChI=1S/C60H43NO/c1-59(2)51-21-7-5-17-44(51)46-29-26-41(34-53(46)59)61(42-27-30-47-45-18-6-8-22-52(45)60(3,4)54(47)35-42)40-16-10-15-38(32-40)36-13-9-14-37(31-36)39-25-28-43-48-19-11-23-55-57(48)58-49(50(43)33-39)20-12-24-56(58)62-55/h5-35H,1-4H3. The van der Waals surface area contributed by atoms with Crippen molar-refractivity contribution in [2.24, 2.45) is 0 Å². The van der Waals surface area contributed by atoms with Crippen molar-refractivity contribution in [1.29, 1.82) is 0 Å². The minimum absolute atomic E-state index is 0.116. The van der Waals surface area contributed by atoms with Gasteiger partial charge in [0.2, 0.25) is 0 Å². The van der Waals surface area contributed by atoms with Gasteiger partial charge in [-0.15, -0.1) is 0 Å². The monoisotopic (exact) mass is 793 g/mol. The molecule has 1 aromatic heterocycles. The molecule has 2 aliphatic carbocycles. The Labute approximate surface area is 361 Å². The topological polar surface area (TPSA) is 16.4 Å². The number of hydrogen-bond donors (Lipinski definition) is 0. The molecule has 0 amide bonds. The van der Waals surface area contributed by atoms with E-state index in [-0.39, 0.29) is 10.8 Å². The Hall–Kier alpha value is -7.42. The highest BCUT2D eigenvalue weighted by Gasteiger charge is 2.37. The lowest BCUT2D eigenvalue weighted by Crippen LogP contribution is -2.18. The Kier molecular flexibility index (Phi) is 7.16. The predicted molar refractivity (Wildman–Crippen MR) is 261 cm³/mol. The molecule has 0 saturated carbocycles. The van der Waals surface area contributed by atoms with E-state index in [9.17, 15) is 0 Å². The average molecular weight is 794 g/mol. The van der Waals surface area contributed by atoms with Gasteiger partial charge in [0, 0.05) is 38.7 Å². The number of fused-ring (bicyclic) bond motifs is 9. The Balaban J connectivity index is 0.947. The van der Waals surface area contributed by atoms with Gasteiger partial charge in [0.15, 0.2) is 0 Å². The predicted octanol–water partition coefficient (Wildman–Crippen LogP) is 16.7. The van der Waals surface area contributed by atoms with Crippen LogP contribution in [-0.2, 0) is 10.8 Å². The summed E-state index contributed by atoms with van der Waals surface area (Å²) in [7, 11) is 0. The van der Waals surface area contributed by atoms with Gasteiger partial charge in [0.25, 0.3) is 0 Å². The van der Waals surface area contributed by atoms with E-state index in [1.54, 1.807) is 0 Å². The molecule has 0 spiro atoms. The van der Waals surface area contributed by atoms with E-state index in [4.69, 9.17) is 4.42 Å². The lowest BCUT2D eigenvalue weighted by molar-refractivity contribution is 0.660. The zero-order chi connectivity index (χ0) is 41.5. The van der Waals surface area contributed by atoms with Gasteiger partial charge in [0.05, 0.1) is 0 Å². The quantitative estimate of drug-likeness (QED) is 0.161. The SMILES string of the molecule is CC1(C)c2ccccc2-c2ccc(N(c3cccc(-c4cccc(-c5ccc6c(c5)c5cccc7oc8cccc6c8c75)c4)c3)c3ccc4c(c3)C(C)(C)c3ccccc3-4)cc21. The van der Waals surface area contributed by atoms with Crippen LogP contribution in [0.5, 0.6) is 0 Å². The molecule has 0 atom stereocenters. The number of hydrogen-bond acceptors (Lipinski definition) is 2. The van der Waals surface area contributed by atoms with Crippen molar-refractivity contribution in [1.82, 2.24) is 0 Å². The summed E-state index contributed by atoms with van der Waals surface area (Å²) >= 11 is 0. The summed E-state index contributed by atoms with van der Waals surface area (Å²) in [6.07, 6.45) is 0. The summed E-state index contributed by atoms with van der Waals surface area (Å²) in [6.45, 7) is 9.47. The summed E-state index contributed by atoms with van der Waals surface area (Å²) in [4.78, 5) is 2.47. The van der Waals surface area contributed by atoms with Crippen molar-refractivity contribution in [3.8, 4) is 44.5 Å². The summed E-state index contributed by atoms with van der Waals surface area (Å²) in [5.74, 6) is 0. The van der Waals surface area contributed by atoms with E-state index in [1.165, 1.54) is 99.1 Å². The van der Waals surface area contributed by atoms with Crippen LogP contribution in [0.4, 0.5) is 17.1 Å². The van der Waals surface area contributed by atoms with Gasteiger partial charge in [-0.25, -0.2) is 0 Å². The molecule has 0 aliphatic heterocycles. The Morgan fingerprint density at radius 3 is 1.39 bits per heavy atom. The molecule has 0 radical (unpaired) electrons. The fourth-order valence-corrected chi connectivity index (χ4v) is 11.3. The van der Waals surface area contributed by atoms with Crippen molar-refractivity contribution >= 4 is 60.5 Å². The van der Waals surface area contributed by atoms with Crippen molar-refractivity contribution in [3.63, 3.8) is 0 Å². The maximum atomic E-state index is 6.33. The van der Waals surface area contributed by atoms with Crippen molar-refractivity contribution in [2.75, 3.05) is 4.90 Å². The third kappa shape index (κ3) is 4.86. The van der Waals surface area contributed by atoms with Crippen LogP contribution in [0.3, 0.4) is 0 Å². The molecule has 2 aliphatic rings. The highest BCUT2D eigenvalue weighted by atomic mass is 16.3. The summed E-state index contributed by atoms with van der Waals surface area (Å²) in [5.41, 5.74) is 20.7. The largest absolute Gasteiger partial charge is 0.456 e. The molecule has 0 N–H and O–H groups in total. The smallest absolute Gasteiger partial charge is 0.136 e. The van der Waals surface area contributed by atoms with E-state index < -0.39 is 0 Å². The number of benzene rings is 10. The fraction of sp³-hybridized carbons (Fsp3) is 0.100. The van der Waals surface area contributed by atoms with E-state index in [2.05, 4.69) is 221 Å². The zero-order valence-electron chi connectivity index (χ0n) is 35.3. The Morgan fingerprint density at radius 1 is 0.323 bits per heavy atom. The van der Waals surface area contributed by atoms with Crippen LogP contribution in [0.25, 0.3) is 88.0 Å². The second kappa shape index (κ2) is 12.6. The molecule has 11 aromatic rings. The van der Waals surface area contributed by atoms with E-state index >= 15 is 0 Å². The van der Waals surface area contributed by atoms with Crippen LogP contribution in [-0.4, -0.2) is 0 Å². The van der Waals surface area contributed by atoms with Crippen LogP contribution >= 0.6 is 0 Å². The molecule has 0 saturated heterocycles. The second-order valence-electron chi connectivity index (χ2n) is 18.5. The molecule has 2 heteroatoms. The third-order valence-electron chi connectivity index (χ3n) is 14.4.